The Morgan fingerprint density at radius 3 is 2.40 bits per heavy atom. The molecule has 4 heterocycles. The highest BCUT2D eigenvalue weighted by Gasteiger charge is 2.31. The zero-order valence-corrected chi connectivity index (χ0v) is 24.9. The van der Waals surface area contributed by atoms with Crippen LogP contribution in [0, 0.1) is 13.8 Å². The van der Waals surface area contributed by atoms with E-state index in [0.717, 1.165) is 57.8 Å². The van der Waals surface area contributed by atoms with E-state index in [0.29, 0.717) is 54.4 Å². The zero-order valence-electron chi connectivity index (χ0n) is 24.9. The number of alkyl halides is 2. The molecule has 2 N–H and O–H groups in total. The molecule has 0 unspecified atom stereocenters. The van der Waals surface area contributed by atoms with Crippen LogP contribution >= 0.6 is 0 Å². The summed E-state index contributed by atoms with van der Waals surface area (Å²) in [7, 11) is 0. The van der Waals surface area contributed by atoms with Crippen molar-refractivity contribution in [1.29, 1.82) is 0 Å². The normalized spacial score (nSPS) is 16.9. The summed E-state index contributed by atoms with van der Waals surface area (Å²) < 4.78 is 43.9. The second-order valence-corrected chi connectivity index (χ2v) is 11.6. The molecule has 7 rings (SSSR count). The number of carbonyl (C=O) groups is 1. The fraction of sp³-hybridized carbons (Fsp3) is 0.324. The van der Waals surface area contributed by atoms with Crippen LogP contribution in [-0.4, -0.2) is 51.7 Å². The maximum Gasteiger partial charge on any atom is 0.387 e. The Morgan fingerprint density at radius 2 is 1.73 bits per heavy atom. The van der Waals surface area contributed by atoms with Crippen LogP contribution in [0.3, 0.4) is 0 Å². The molecule has 0 aliphatic carbocycles. The Kier molecular flexibility index (Phi) is 7.58. The van der Waals surface area contributed by atoms with E-state index in [1.165, 1.54) is 6.07 Å². The molecule has 45 heavy (non-hydrogen) atoms. The first kappa shape index (κ1) is 29.1. The van der Waals surface area contributed by atoms with Crippen molar-refractivity contribution in [3.63, 3.8) is 0 Å². The minimum Gasteiger partial charge on any atom is -0.480 e. The van der Waals surface area contributed by atoms with Gasteiger partial charge in [0.25, 0.3) is 0 Å². The lowest BCUT2D eigenvalue weighted by atomic mass is 9.91. The van der Waals surface area contributed by atoms with E-state index in [-0.39, 0.29) is 12.3 Å². The minimum atomic E-state index is -3.05. The van der Waals surface area contributed by atoms with Crippen LogP contribution in [0.1, 0.15) is 41.0 Å². The first-order chi connectivity index (χ1) is 21.8. The number of hydrogen-bond donors (Lipinski definition) is 2. The quantitative estimate of drug-likeness (QED) is 0.196. The number of likely N-dealkylation sites (tertiary alicyclic amines) is 1. The Morgan fingerprint density at radius 1 is 1.04 bits per heavy atom. The molecular weight excluding hydrogens is 582 g/mol. The summed E-state index contributed by atoms with van der Waals surface area (Å²) in [6, 6.07) is 14.3. The number of hydrogen-bond acceptors (Lipinski definition) is 8. The number of nitrogens with one attached hydrogen (secondary N) is 1. The Bertz CT molecular complexity index is 1890. The van der Waals surface area contributed by atoms with Gasteiger partial charge >= 0.3 is 12.6 Å². The van der Waals surface area contributed by atoms with Crippen molar-refractivity contribution in [2.75, 3.05) is 13.1 Å². The van der Waals surface area contributed by atoms with Gasteiger partial charge in [-0.3, -0.25) is 9.69 Å². The summed E-state index contributed by atoms with van der Waals surface area (Å²) in [5.41, 5.74) is 7.80. The van der Waals surface area contributed by atoms with E-state index in [4.69, 9.17) is 23.5 Å². The number of fused-ring (bicyclic) bond motifs is 2. The number of oxazole rings is 2. The van der Waals surface area contributed by atoms with Crippen molar-refractivity contribution in [2.24, 2.45) is 0 Å². The molecule has 2 aliphatic heterocycles. The number of carboxylic acid groups (broad SMARTS) is 1. The fourth-order valence-corrected chi connectivity index (χ4v) is 6.52. The number of aliphatic carboxylic acids is 1. The van der Waals surface area contributed by atoms with E-state index >= 15 is 0 Å². The lowest BCUT2D eigenvalue weighted by Crippen LogP contribution is -2.35. The first-order valence-corrected chi connectivity index (χ1v) is 15.0. The number of nitrogens with zero attached hydrogens (tertiary/aromatic N) is 3. The number of halogens is 2. The molecule has 1 saturated heterocycles. The van der Waals surface area contributed by atoms with E-state index in [2.05, 4.69) is 18.3 Å². The average Bonchev–Trinajstić information content (AvgIpc) is 3.76. The monoisotopic (exact) mass is 614 g/mol. The highest BCUT2D eigenvalue weighted by atomic mass is 19.3. The summed E-state index contributed by atoms with van der Waals surface area (Å²) in [5, 5.41) is 12.9. The van der Waals surface area contributed by atoms with Gasteiger partial charge < -0.3 is 24.0 Å². The van der Waals surface area contributed by atoms with Crippen LogP contribution in [-0.2, 0) is 24.3 Å². The van der Waals surface area contributed by atoms with Gasteiger partial charge in [-0.2, -0.15) is 8.78 Å². The molecule has 1 atom stereocenters. The molecule has 232 valence electrons. The fourth-order valence-electron chi connectivity index (χ4n) is 6.52. The van der Waals surface area contributed by atoms with Crippen LogP contribution in [0.2, 0.25) is 0 Å². The second kappa shape index (κ2) is 11.7. The van der Waals surface area contributed by atoms with E-state index in [1.807, 2.05) is 37.3 Å². The van der Waals surface area contributed by atoms with Crippen molar-refractivity contribution in [3.05, 3.63) is 76.7 Å². The van der Waals surface area contributed by atoms with Gasteiger partial charge in [0.1, 0.15) is 23.1 Å². The predicted molar refractivity (Wildman–Crippen MR) is 163 cm³/mol. The lowest BCUT2D eigenvalue weighted by Gasteiger charge is -2.22. The van der Waals surface area contributed by atoms with Crippen LogP contribution in [0.15, 0.2) is 57.4 Å². The highest BCUT2D eigenvalue weighted by molar-refractivity contribution is 5.84. The standard InChI is InChI=1S/C34H32F2N4O5/c1-18-21(22-7-4-9-24(19(22)2)32-39-26-16-37-12-11-28(26)43-32)6-3-8-23(18)31-38-25-14-20(17-40-13-5-10-27(40)33(41)42)29(45-34(35)36)15-30(25)44-31/h3-4,6-9,14-15,27,34,37H,5,10-13,16-17H2,1-2H3,(H,41,42)/t27-/m0/s1. The summed E-state index contributed by atoms with van der Waals surface area (Å²) in [5.74, 6) is 0.891. The summed E-state index contributed by atoms with van der Waals surface area (Å²) >= 11 is 0. The number of rotatable bonds is 8. The van der Waals surface area contributed by atoms with Crippen LogP contribution in [0.4, 0.5) is 8.78 Å². The van der Waals surface area contributed by atoms with Gasteiger partial charge in [0.2, 0.25) is 11.8 Å². The first-order valence-electron chi connectivity index (χ1n) is 15.0. The summed E-state index contributed by atoms with van der Waals surface area (Å²) in [6.07, 6.45) is 2.03. The lowest BCUT2D eigenvalue weighted by molar-refractivity contribution is -0.142. The Hall–Kier alpha value is -4.61. The molecule has 1 fully saturated rings. The number of carboxylic acids is 1. The number of ether oxygens (including phenoxy) is 1. The molecule has 0 radical (unpaired) electrons. The van der Waals surface area contributed by atoms with Crippen molar-refractivity contribution >= 4 is 17.1 Å². The molecular formula is C34H32F2N4O5. The zero-order chi connectivity index (χ0) is 31.2. The molecule has 9 nitrogen and oxygen atoms in total. The molecule has 0 amide bonds. The summed E-state index contributed by atoms with van der Waals surface area (Å²) in [6.45, 7) is 3.26. The van der Waals surface area contributed by atoms with Crippen LogP contribution in [0.25, 0.3) is 45.1 Å². The molecule has 5 aromatic rings. The predicted octanol–water partition coefficient (Wildman–Crippen LogP) is 6.73. The smallest absolute Gasteiger partial charge is 0.387 e. The Labute approximate surface area is 257 Å². The van der Waals surface area contributed by atoms with E-state index in [9.17, 15) is 18.7 Å². The SMILES string of the molecule is Cc1c(-c2nc3c(o2)CCNC3)cccc1-c1cccc(-c2nc3cc(CN4CCC[C@H]4C(=O)O)c(OC(F)F)cc3o2)c1C. The van der Waals surface area contributed by atoms with Crippen molar-refractivity contribution in [2.45, 2.75) is 58.9 Å². The maximum absolute atomic E-state index is 13.4. The van der Waals surface area contributed by atoms with E-state index in [1.54, 1.807) is 11.0 Å². The highest BCUT2D eigenvalue weighted by Crippen LogP contribution is 2.39. The molecule has 11 heteroatoms. The minimum absolute atomic E-state index is 0.0573. The number of benzene rings is 3. The molecule has 0 saturated carbocycles. The third-order valence-electron chi connectivity index (χ3n) is 8.83. The number of aromatic nitrogens is 2. The van der Waals surface area contributed by atoms with E-state index < -0.39 is 18.6 Å². The Balaban J connectivity index is 1.25. The third kappa shape index (κ3) is 5.46. The summed E-state index contributed by atoms with van der Waals surface area (Å²) in [4.78, 5) is 23.0. The van der Waals surface area contributed by atoms with Crippen LogP contribution in [0.5, 0.6) is 5.75 Å². The topological polar surface area (TPSA) is 114 Å². The van der Waals surface area contributed by atoms with Gasteiger partial charge in [0.05, 0.1) is 5.69 Å². The van der Waals surface area contributed by atoms with Gasteiger partial charge in [-0.05, 0) is 73.7 Å². The van der Waals surface area contributed by atoms with Gasteiger partial charge in [-0.25, -0.2) is 9.97 Å². The van der Waals surface area contributed by atoms with Gasteiger partial charge in [0, 0.05) is 48.8 Å². The van der Waals surface area contributed by atoms with Crippen molar-refractivity contribution in [3.8, 4) is 39.8 Å². The van der Waals surface area contributed by atoms with Crippen LogP contribution < -0.4 is 10.1 Å². The van der Waals surface area contributed by atoms with Gasteiger partial charge in [-0.1, -0.05) is 24.3 Å². The molecule has 0 spiro atoms. The average molecular weight is 615 g/mol. The van der Waals surface area contributed by atoms with Gasteiger partial charge in [-0.15, -0.1) is 0 Å². The molecule has 2 aromatic heterocycles. The van der Waals surface area contributed by atoms with Crippen molar-refractivity contribution in [1.82, 2.24) is 20.2 Å². The molecule has 3 aromatic carbocycles. The largest absolute Gasteiger partial charge is 0.480 e. The molecule has 2 aliphatic rings. The second-order valence-electron chi connectivity index (χ2n) is 11.6. The maximum atomic E-state index is 13.4. The third-order valence-corrected chi connectivity index (χ3v) is 8.83. The van der Waals surface area contributed by atoms with Gasteiger partial charge in [0.15, 0.2) is 5.58 Å². The van der Waals surface area contributed by atoms with Crippen molar-refractivity contribution < 1.29 is 32.3 Å². The molecule has 0 bridgehead atoms.